The van der Waals surface area contributed by atoms with Crippen molar-refractivity contribution < 1.29 is 13.2 Å². The fourth-order valence-corrected chi connectivity index (χ4v) is 3.78. The van der Waals surface area contributed by atoms with E-state index in [0.717, 1.165) is 5.56 Å². The zero-order valence-corrected chi connectivity index (χ0v) is 15.3. The van der Waals surface area contributed by atoms with Crippen molar-refractivity contribution in [1.82, 2.24) is 0 Å². The predicted octanol–water partition coefficient (Wildman–Crippen LogP) is 4.31. The normalized spacial score (nSPS) is 16.1. The molecule has 0 fully saturated rings. The first-order valence-electron chi connectivity index (χ1n) is 7.76. The Balaban J connectivity index is 2.08. The van der Waals surface area contributed by atoms with E-state index >= 15 is 0 Å². The summed E-state index contributed by atoms with van der Waals surface area (Å²) < 4.78 is 29.2. The van der Waals surface area contributed by atoms with Crippen LogP contribution >= 0.6 is 11.6 Å². The molecule has 2 aromatic rings. The Morgan fingerprint density at radius 2 is 1.56 bits per heavy atom. The van der Waals surface area contributed by atoms with E-state index < -0.39 is 10.0 Å². The average Bonchev–Trinajstić information content (AvgIpc) is 2.59. The summed E-state index contributed by atoms with van der Waals surface area (Å²) in [6.45, 7) is 4.07. The van der Waals surface area contributed by atoms with Gasteiger partial charge in [-0.25, -0.2) is 0 Å². The minimum Gasteiger partial charge on any atom is -0.288 e. The fourth-order valence-electron chi connectivity index (χ4n) is 2.58. The van der Waals surface area contributed by atoms with E-state index in [-0.39, 0.29) is 21.4 Å². The van der Waals surface area contributed by atoms with Gasteiger partial charge in [-0.15, -0.1) is 0 Å². The smallest absolute Gasteiger partial charge is 0.282 e. The number of Topliss-reactive ketones (excluding diaryl/α,β-unsaturated/α-hetero) is 1. The molecule has 0 aliphatic heterocycles. The number of fused-ring (bicyclic) bond motifs is 1. The molecule has 3 rings (SSSR count). The molecule has 0 saturated carbocycles. The number of halogens is 1. The van der Waals surface area contributed by atoms with Gasteiger partial charge >= 0.3 is 0 Å². The molecule has 0 atom stereocenters. The van der Waals surface area contributed by atoms with E-state index in [4.69, 9.17) is 11.6 Å². The first-order valence-corrected chi connectivity index (χ1v) is 9.57. The topological polar surface area (TPSA) is 63.6 Å². The zero-order chi connectivity index (χ0) is 18.2. The minimum atomic E-state index is -3.91. The van der Waals surface area contributed by atoms with Gasteiger partial charge in [0.1, 0.15) is 0 Å². The van der Waals surface area contributed by atoms with Gasteiger partial charge in [0, 0.05) is 11.1 Å². The summed E-state index contributed by atoms with van der Waals surface area (Å²) >= 11 is 5.96. The Labute approximate surface area is 151 Å². The van der Waals surface area contributed by atoms with Crippen LogP contribution in [-0.2, 0) is 10.0 Å². The van der Waals surface area contributed by atoms with Crippen molar-refractivity contribution in [1.29, 1.82) is 0 Å². The van der Waals surface area contributed by atoms with Gasteiger partial charge < -0.3 is 0 Å². The predicted molar refractivity (Wildman–Crippen MR) is 99.0 cm³/mol. The van der Waals surface area contributed by atoms with Crippen LogP contribution in [0, 0.1) is 0 Å². The monoisotopic (exact) mass is 373 g/mol. The van der Waals surface area contributed by atoms with E-state index in [1.165, 1.54) is 6.08 Å². The number of allylic oxidation sites excluding steroid dienone is 2. The van der Waals surface area contributed by atoms with Crippen LogP contribution in [0.5, 0.6) is 0 Å². The van der Waals surface area contributed by atoms with Gasteiger partial charge in [0.25, 0.3) is 10.0 Å². The Kier molecular flexibility index (Phi) is 4.62. The third kappa shape index (κ3) is 3.43. The molecule has 128 valence electrons. The van der Waals surface area contributed by atoms with Crippen LogP contribution in [0.2, 0.25) is 0 Å². The maximum atomic E-state index is 12.6. The fraction of sp³-hybridized carbons (Fsp3) is 0.158. The summed E-state index contributed by atoms with van der Waals surface area (Å²) in [5, 5.41) is -0.0530. The number of ketones is 1. The van der Waals surface area contributed by atoms with Crippen molar-refractivity contribution in [3.05, 3.63) is 76.3 Å². The second-order valence-corrected chi connectivity index (χ2v) is 8.05. The van der Waals surface area contributed by atoms with Crippen molar-refractivity contribution in [2.24, 2.45) is 4.40 Å². The molecule has 0 spiro atoms. The van der Waals surface area contributed by atoms with E-state index in [0.29, 0.717) is 17.0 Å². The number of carbonyl (C=O) groups is 1. The molecule has 0 unspecified atom stereocenters. The maximum Gasteiger partial charge on any atom is 0.282 e. The van der Waals surface area contributed by atoms with Crippen LogP contribution in [0.25, 0.3) is 0 Å². The second-order valence-electron chi connectivity index (χ2n) is 6.04. The number of rotatable bonds is 3. The lowest BCUT2D eigenvalue weighted by Gasteiger charge is -2.14. The summed E-state index contributed by atoms with van der Waals surface area (Å²) in [5.41, 5.74) is 2.01. The lowest BCUT2D eigenvalue weighted by Crippen LogP contribution is -2.16. The van der Waals surface area contributed by atoms with E-state index in [9.17, 15) is 13.2 Å². The highest BCUT2D eigenvalue weighted by Gasteiger charge is 2.25. The molecule has 0 radical (unpaired) electrons. The Morgan fingerprint density at radius 1 is 0.960 bits per heavy atom. The van der Waals surface area contributed by atoms with Crippen LogP contribution in [0.1, 0.15) is 41.3 Å². The third-order valence-corrected chi connectivity index (χ3v) is 5.58. The molecule has 0 aromatic heterocycles. The molecule has 0 bridgehead atoms. The van der Waals surface area contributed by atoms with Crippen molar-refractivity contribution in [2.45, 2.75) is 24.7 Å². The zero-order valence-electron chi connectivity index (χ0n) is 13.7. The number of benzene rings is 2. The lowest BCUT2D eigenvalue weighted by molar-refractivity contribution is 0.104. The summed E-state index contributed by atoms with van der Waals surface area (Å²) in [4.78, 5) is 12.2. The Morgan fingerprint density at radius 3 is 2.16 bits per heavy atom. The number of hydrogen-bond acceptors (Lipinski definition) is 3. The van der Waals surface area contributed by atoms with Gasteiger partial charge in [-0.3, -0.25) is 4.79 Å². The summed E-state index contributed by atoms with van der Waals surface area (Å²) in [6.07, 6.45) is 1.30. The molecule has 2 aromatic carbocycles. The quantitative estimate of drug-likeness (QED) is 0.805. The maximum absolute atomic E-state index is 12.6. The number of carbonyl (C=O) groups excluding carboxylic acids is 1. The Hall–Kier alpha value is -2.24. The highest BCUT2D eigenvalue weighted by atomic mass is 35.5. The average molecular weight is 374 g/mol. The number of nitrogens with zero attached hydrogens (tertiary/aromatic N) is 1. The van der Waals surface area contributed by atoms with Crippen LogP contribution in [-0.4, -0.2) is 19.9 Å². The second kappa shape index (κ2) is 6.58. The number of sulfonamides is 1. The number of hydrogen-bond donors (Lipinski definition) is 0. The first-order chi connectivity index (χ1) is 11.8. The molecule has 6 heteroatoms. The van der Waals surface area contributed by atoms with Gasteiger partial charge in [-0.2, -0.15) is 12.8 Å². The van der Waals surface area contributed by atoms with Gasteiger partial charge in [-0.05, 0) is 29.7 Å². The molecule has 25 heavy (non-hydrogen) atoms. The van der Waals surface area contributed by atoms with Crippen molar-refractivity contribution in [2.75, 3.05) is 0 Å². The highest BCUT2D eigenvalue weighted by molar-refractivity contribution is 7.90. The molecular weight excluding hydrogens is 358 g/mol. The SMILES string of the molecule is CC(C)c1ccc(S(=O)(=O)N=C2C=C(Cl)C(=O)c3ccccc32)cc1. The van der Waals surface area contributed by atoms with Crippen molar-refractivity contribution in [3.8, 4) is 0 Å². The highest BCUT2D eigenvalue weighted by Crippen LogP contribution is 2.26. The van der Waals surface area contributed by atoms with Crippen LogP contribution in [0.3, 0.4) is 0 Å². The van der Waals surface area contributed by atoms with E-state index in [1.54, 1.807) is 48.5 Å². The van der Waals surface area contributed by atoms with Crippen molar-refractivity contribution in [3.63, 3.8) is 0 Å². The van der Waals surface area contributed by atoms with E-state index in [2.05, 4.69) is 4.40 Å². The molecule has 0 amide bonds. The first kappa shape index (κ1) is 17.6. The standard InChI is InChI=1S/C19H16ClNO3S/c1-12(2)13-7-9-14(10-8-13)25(23,24)21-18-11-17(20)19(22)16-6-4-3-5-15(16)18/h3-12H,1-2H3. The van der Waals surface area contributed by atoms with Gasteiger partial charge in [-0.1, -0.05) is 61.8 Å². The molecule has 1 aliphatic carbocycles. The summed E-state index contributed by atoms with van der Waals surface area (Å²) in [7, 11) is -3.91. The van der Waals surface area contributed by atoms with Crippen LogP contribution < -0.4 is 0 Å². The molecule has 4 nitrogen and oxygen atoms in total. The van der Waals surface area contributed by atoms with Crippen molar-refractivity contribution >= 4 is 33.1 Å². The molecular formula is C19H16ClNO3S. The molecule has 0 heterocycles. The molecule has 0 saturated heterocycles. The lowest BCUT2D eigenvalue weighted by atomic mass is 9.94. The minimum absolute atomic E-state index is 0.0530. The summed E-state index contributed by atoms with van der Waals surface area (Å²) in [6, 6.07) is 13.3. The molecule has 1 aliphatic rings. The summed E-state index contributed by atoms with van der Waals surface area (Å²) in [5.74, 6) is -0.0315. The van der Waals surface area contributed by atoms with Crippen LogP contribution in [0.15, 0.2) is 68.9 Å². The van der Waals surface area contributed by atoms with E-state index in [1.807, 2.05) is 13.8 Å². The van der Waals surface area contributed by atoms with Crippen LogP contribution in [0.4, 0.5) is 0 Å². The third-order valence-electron chi connectivity index (χ3n) is 3.99. The molecule has 0 N–H and O–H groups in total. The Bertz CT molecular complexity index is 1000. The van der Waals surface area contributed by atoms with Gasteiger partial charge in [0.2, 0.25) is 5.78 Å². The largest absolute Gasteiger partial charge is 0.288 e. The van der Waals surface area contributed by atoms with Gasteiger partial charge in [0.15, 0.2) is 0 Å². The van der Waals surface area contributed by atoms with Gasteiger partial charge in [0.05, 0.1) is 15.6 Å².